The second kappa shape index (κ2) is 7.70. The molecule has 0 heterocycles. The summed E-state index contributed by atoms with van der Waals surface area (Å²) < 4.78 is 40.6. The predicted octanol–water partition coefficient (Wildman–Crippen LogP) is 3.83. The molecule has 0 N–H and O–H groups in total. The Morgan fingerprint density at radius 1 is 1.04 bits per heavy atom. The highest BCUT2D eigenvalue weighted by Gasteiger charge is 2.15. The van der Waals surface area contributed by atoms with E-state index in [1.807, 2.05) is 6.92 Å². The summed E-state index contributed by atoms with van der Waals surface area (Å²) in [5.74, 6) is -0.415. The van der Waals surface area contributed by atoms with Crippen LogP contribution in [-0.4, -0.2) is 21.3 Å². The molecule has 1 unspecified atom stereocenters. The van der Waals surface area contributed by atoms with Gasteiger partial charge >= 0.3 is 0 Å². The van der Waals surface area contributed by atoms with Crippen LogP contribution in [0.1, 0.15) is 29.0 Å². The van der Waals surface area contributed by atoms with Crippen molar-refractivity contribution < 1.29 is 17.0 Å². The van der Waals surface area contributed by atoms with Gasteiger partial charge in [0.25, 0.3) is 10.1 Å². The highest BCUT2D eigenvalue weighted by Crippen LogP contribution is 2.23. The van der Waals surface area contributed by atoms with Crippen LogP contribution in [0.15, 0.2) is 48.5 Å². The fourth-order valence-corrected chi connectivity index (χ4v) is 2.79. The predicted molar refractivity (Wildman–Crippen MR) is 89.4 cm³/mol. The molecule has 1 atom stereocenters. The SMILES string of the molecule is Cc1ccc(CCC(COS(C)(=O)=O)c2ccc(F)cc2)cc1. The first-order valence-corrected chi connectivity index (χ1v) is 9.30. The average molecular weight is 336 g/mol. The van der Waals surface area contributed by atoms with Crippen LogP contribution >= 0.6 is 0 Å². The van der Waals surface area contributed by atoms with Crippen LogP contribution in [-0.2, 0) is 20.7 Å². The van der Waals surface area contributed by atoms with Gasteiger partial charge in [0.1, 0.15) is 5.82 Å². The summed E-state index contributed by atoms with van der Waals surface area (Å²) in [6.07, 6.45) is 2.56. The maximum absolute atomic E-state index is 13.1. The molecule has 0 bridgehead atoms. The van der Waals surface area contributed by atoms with Crippen LogP contribution < -0.4 is 0 Å². The minimum absolute atomic E-state index is 0.0658. The van der Waals surface area contributed by atoms with Crippen molar-refractivity contribution in [2.24, 2.45) is 0 Å². The smallest absolute Gasteiger partial charge is 0.264 e. The van der Waals surface area contributed by atoms with Crippen LogP contribution in [0.3, 0.4) is 0 Å². The molecule has 23 heavy (non-hydrogen) atoms. The minimum Gasteiger partial charge on any atom is -0.270 e. The summed E-state index contributed by atoms with van der Waals surface area (Å²) in [6.45, 7) is 2.10. The molecule has 0 aromatic heterocycles. The Kier molecular flexibility index (Phi) is 5.91. The van der Waals surface area contributed by atoms with Crippen LogP contribution in [0, 0.1) is 12.7 Å². The van der Waals surface area contributed by atoms with Gasteiger partial charge in [0.05, 0.1) is 12.9 Å². The number of halogens is 1. The third-order valence-electron chi connectivity index (χ3n) is 3.73. The van der Waals surface area contributed by atoms with E-state index >= 15 is 0 Å². The molecule has 0 aliphatic heterocycles. The lowest BCUT2D eigenvalue weighted by molar-refractivity contribution is 0.288. The molecule has 0 saturated heterocycles. The number of hydrogen-bond donors (Lipinski definition) is 0. The van der Waals surface area contributed by atoms with Crippen molar-refractivity contribution in [3.8, 4) is 0 Å². The summed E-state index contributed by atoms with van der Waals surface area (Å²) in [5.41, 5.74) is 3.26. The number of hydrogen-bond acceptors (Lipinski definition) is 3. The summed E-state index contributed by atoms with van der Waals surface area (Å²) in [7, 11) is -3.50. The Morgan fingerprint density at radius 2 is 1.65 bits per heavy atom. The molecule has 2 rings (SSSR count). The quantitative estimate of drug-likeness (QED) is 0.722. The van der Waals surface area contributed by atoms with E-state index < -0.39 is 10.1 Å². The van der Waals surface area contributed by atoms with Crippen molar-refractivity contribution in [2.45, 2.75) is 25.7 Å². The van der Waals surface area contributed by atoms with E-state index in [-0.39, 0.29) is 18.3 Å². The van der Waals surface area contributed by atoms with Crippen molar-refractivity contribution in [3.63, 3.8) is 0 Å². The Hall–Kier alpha value is -1.72. The maximum atomic E-state index is 13.1. The zero-order chi connectivity index (χ0) is 16.9. The lowest BCUT2D eigenvalue weighted by atomic mass is 9.93. The molecule has 2 aromatic carbocycles. The molecule has 0 spiro atoms. The van der Waals surface area contributed by atoms with Crippen molar-refractivity contribution in [1.29, 1.82) is 0 Å². The van der Waals surface area contributed by atoms with E-state index in [1.54, 1.807) is 12.1 Å². The van der Waals surface area contributed by atoms with Crippen LogP contribution in [0.25, 0.3) is 0 Å². The molecule has 0 aliphatic rings. The summed E-state index contributed by atoms with van der Waals surface area (Å²) in [6, 6.07) is 14.4. The van der Waals surface area contributed by atoms with Gasteiger partial charge in [0.15, 0.2) is 0 Å². The minimum atomic E-state index is -3.50. The molecule has 3 nitrogen and oxygen atoms in total. The topological polar surface area (TPSA) is 43.4 Å². The lowest BCUT2D eigenvalue weighted by Gasteiger charge is -2.17. The van der Waals surface area contributed by atoms with Gasteiger partial charge in [-0.15, -0.1) is 0 Å². The summed E-state index contributed by atoms with van der Waals surface area (Å²) >= 11 is 0. The van der Waals surface area contributed by atoms with Crippen molar-refractivity contribution >= 4 is 10.1 Å². The zero-order valence-electron chi connectivity index (χ0n) is 13.3. The van der Waals surface area contributed by atoms with Gasteiger partial charge in [0.2, 0.25) is 0 Å². The van der Waals surface area contributed by atoms with Gasteiger partial charge in [-0.3, -0.25) is 4.18 Å². The van der Waals surface area contributed by atoms with E-state index in [2.05, 4.69) is 24.3 Å². The van der Waals surface area contributed by atoms with E-state index in [9.17, 15) is 12.8 Å². The monoisotopic (exact) mass is 336 g/mol. The van der Waals surface area contributed by atoms with Crippen LogP contribution in [0.5, 0.6) is 0 Å². The normalized spacial score (nSPS) is 13.0. The molecule has 0 fully saturated rings. The molecule has 2 aromatic rings. The second-order valence-electron chi connectivity index (χ2n) is 5.76. The third kappa shape index (κ3) is 6.12. The van der Waals surface area contributed by atoms with Gasteiger partial charge < -0.3 is 0 Å². The van der Waals surface area contributed by atoms with Crippen LogP contribution in [0.4, 0.5) is 4.39 Å². The van der Waals surface area contributed by atoms with E-state index in [0.29, 0.717) is 0 Å². The van der Waals surface area contributed by atoms with E-state index in [0.717, 1.165) is 24.7 Å². The Labute approximate surface area is 137 Å². The van der Waals surface area contributed by atoms with Crippen LogP contribution in [0.2, 0.25) is 0 Å². The van der Waals surface area contributed by atoms with E-state index in [1.165, 1.54) is 23.3 Å². The molecule has 124 valence electrons. The first-order valence-electron chi connectivity index (χ1n) is 7.49. The molecular formula is C18H21FO3S. The van der Waals surface area contributed by atoms with Gasteiger partial charge in [-0.05, 0) is 43.0 Å². The molecule has 5 heteroatoms. The summed E-state index contributed by atoms with van der Waals surface area (Å²) in [4.78, 5) is 0. The molecule has 0 radical (unpaired) electrons. The highest BCUT2D eigenvalue weighted by atomic mass is 32.2. The fourth-order valence-electron chi connectivity index (χ4n) is 2.38. The standard InChI is InChI=1S/C18H21FO3S/c1-14-3-5-15(6-4-14)7-8-17(13-22-23(2,20)21)16-9-11-18(19)12-10-16/h3-6,9-12,17H,7-8,13H2,1-2H3. The van der Waals surface area contributed by atoms with Crippen molar-refractivity contribution in [2.75, 3.05) is 12.9 Å². The molecule has 0 aliphatic carbocycles. The Balaban J connectivity index is 2.09. The number of rotatable bonds is 7. The second-order valence-corrected chi connectivity index (χ2v) is 7.41. The highest BCUT2D eigenvalue weighted by molar-refractivity contribution is 7.85. The first kappa shape index (κ1) is 17.6. The zero-order valence-corrected chi connectivity index (χ0v) is 14.1. The van der Waals surface area contributed by atoms with Crippen molar-refractivity contribution in [3.05, 3.63) is 71.0 Å². The lowest BCUT2D eigenvalue weighted by Crippen LogP contribution is -2.13. The molecule has 0 amide bonds. The third-order valence-corrected chi connectivity index (χ3v) is 4.29. The van der Waals surface area contributed by atoms with Gasteiger partial charge in [-0.2, -0.15) is 8.42 Å². The summed E-state index contributed by atoms with van der Waals surface area (Å²) in [5, 5.41) is 0. The van der Waals surface area contributed by atoms with Gasteiger partial charge in [-0.1, -0.05) is 42.0 Å². The fraction of sp³-hybridized carbons (Fsp3) is 0.333. The van der Waals surface area contributed by atoms with E-state index in [4.69, 9.17) is 4.18 Å². The average Bonchev–Trinajstić information content (AvgIpc) is 2.49. The Bertz CT molecular complexity index is 722. The number of aryl methyl sites for hydroxylation is 2. The molecule has 0 saturated carbocycles. The maximum Gasteiger partial charge on any atom is 0.264 e. The first-order chi connectivity index (χ1) is 10.8. The van der Waals surface area contributed by atoms with Gasteiger partial charge in [0, 0.05) is 5.92 Å². The largest absolute Gasteiger partial charge is 0.270 e. The Morgan fingerprint density at radius 3 is 2.22 bits per heavy atom. The molecular weight excluding hydrogens is 315 g/mol. The van der Waals surface area contributed by atoms with Gasteiger partial charge in [-0.25, -0.2) is 4.39 Å². The van der Waals surface area contributed by atoms with Crippen molar-refractivity contribution in [1.82, 2.24) is 0 Å². The number of benzene rings is 2.